The molecule has 2 aromatic carbocycles. The number of aryl methyl sites for hydroxylation is 1. The fourth-order valence-electron chi connectivity index (χ4n) is 2.02. The average Bonchev–Trinajstić information content (AvgIpc) is 2.49. The number of rotatable bonds is 7. The predicted octanol–water partition coefficient (Wildman–Crippen LogP) is 3.51. The van der Waals surface area contributed by atoms with Gasteiger partial charge in [-0.15, -0.1) is 0 Å². The maximum Gasteiger partial charge on any atom is 0.119 e. The van der Waals surface area contributed by atoms with Crippen LogP contribution in [0.3, 0.4) is 0 Å². The Morgan fingerprint density at radius 3 is 2.67 bits per heavy atom. The van der Waals surface area contributed by atoms with Crippen molar-refractivity contribution in [2.24, 2.45) is 5.73 Å². The van der Waals surface area contributed by atoms with Gasteiger partial charge in [-0.2, -0.15) is 0 Å². The number of thiocarbonyl (C=S) groups is 1. The Bertz CT molecular complexity index is 599. The second-order valence-corrected chi connectivity index (χ2v) is 5.29. The highest BCUT2D eigenvalue weighted by atomic mass is 32.1. The number of anilines is 1. The Morgan fingerprint density at radius 1 is 1.19 bits per heavy atom. The van der Waals surface area contributed by atoms with E-state index in [4.69, 9.17) is 22.7 Å². The van der Waals surface area contributed by atoms with Crippen LogP contribution < -0.4 is 15.8 Å². The van der Waals surface area contributed by atoms with E-state index in [2.05, 4.69) is 5.32 Å². The van der Waals surface area contributed by atoms with E-state index in [9.17, 15) is 0 Å². The van der Waals surface area contributed by atoms with Crippen LogP contribution in [-0.4, -0.2) is 18.1 Å². The summed E-state index contributed by atoms with van der Waals surface area (Å²) in [4.78, 5) is 0.418. The second kappa shape index (κ2) is 7.64. The van der Waals surface area contributed by atoms with Crippen molar-refractivity contribution in [3.05, 3.63) is 59.7 Å². The Hall–Kier alpha value is -2.07. The zero-order valence-corrected chi connectivity index (χ0v) is 13.0. The lowest BCUT2D eigenvalue weighted by Crippen LogP contribution is -2.15. The van der Waals surface area contributed by atoms with E-state index in [-0.39, 0.29) is 0 Å². The summed E-state index contributed by atoms with van der Waals surface area (Å²) < 4.78 is 5.65. The van der Waals surface area contributed by atoms with Crippen molar-refractivity contribution in [2.45, 2.75) is 13.3 Å². The van der Waals surface area contributed by atoms with E-state index < -0.39 is 0 Å². The van der Waals surface area contributed by atoms with Gasteiger partial charge in [0.1, 0.15) is 10.7 Å². The Labute approximate surface area is 131 Å². The van der Waals surface area contributed by atoms with Gasteiger partial charge in [-0.1, -0.05) is 42.0 Å². The molecule has 0 heterocycles. The number of nitrogens with one attached hydrogen (secondary N) is 1. The number of hydrogen-bond acceptors (Lipinski definition) is 3. The van der Waals surface area contributed by atoms with Crippen molar-refractivity contribution in [1.82, 2.24) is 0 Å². The largest absolute Gasteiger partial charge is 0.494 e. The number of ether oxygens (including phenoxy) is 1. The SMILES string of the molecule is Cc1ccc(NCCCOc2ccccc2)c(C(N)=S)c1. The van der Waals surface area contributed by atoms with Crippen molar-refractivity contribution in [3.8, 4) is 5.75 Å². The van der Waals surface area contributed by atoms with Crippen LogP contribution in [0.1, 0.15) is 17.5 Å². The van der Waals surface area contributed by atoms with Crippen LogP contribution in [0.2, 0.25) is 0 Å². The molecule has 0 aliphatic heterocycles. The summed E-state index contributed by atoms with van der Waals surface area (Å²) in [6, 6.07) is 15.9. The highest BCUT2D eigenvalue weighted by molar-refractivity contribution is 7.80. The van der Waals surface area contributed by atoms with Gasteiger partial charge in [0, 0.05) is 17.8 Å². The molecular formula is C17H20N2OS. The van der Waals surface area contributed by atoms with Crippen LogP contribution in [0.5, 0.6) is 5.75 Å². The van der Waals surface area contributed by atoms with E-state index in [0.717, 1.165) is 35.5 Å². The summed E-state index contributed by atoms with van der Waals surface area (Å²) in [6.07, 6.45) is 0.902. The molecule has 110 valence electrons. The zero-order valence-electron chi connectivity index (χ0n) is 12.1. The molecular weight excluding hydrogens is 280 g/mol. The molecule has 2 aromatic rings. The average molecular weight is 300 g/mol. The van der Waals surface area contributed by atoms with Gasteiger partial charge in [0.2, 0.25) is 0 Å². The summed E-state index contributed by atoms with van der Waals surface area (Å²) >= 11 is 5.09. The van der Waals surface area contributed by atoms with Crippen LogP contribution in [0, 0.1) is 6.92 Å². The first-order valence-corrected chi connectivity index (χ1v) is 7.40. The molecule has 0 unspecified atom stereocenters. The number of nitrogens with two attached hydrogens (primary N) is 1. The minimum absolute atomic E-state index is 0.418. The van der Waals surface area contributed by atoms with Gasteiger partial charge in [-0.3, -0.25) is 0 Å². The molecule has 0 radical (unpaired) electrons. The lowest BCUT2D eigenvalue weighted by molar-refractivity contribution is 0.315. The molecule has 0 saturated heterocycles. The molecule has 0 amide bonds. The van der Waals surface area contributed by atoms with Crippen molar-refractivity contribution < 1.29 is 4.74 Å². The minimum Gasteiger partial charge on any atom is -0.494 e. The van der Waals surface area contributed by atoms with Gasteiger partial charge in [0.25, 0.3) is 0 Å². The van der Waals surface area contributed by atoms with E-state index in [0.29, 0.717) is 11.6 Å². The molecule has 3 N–H and O–H groups in total. The molecule has 0 aromatic heterocycles. The molecule has 2 rings (SSSR count). The van der Waals surface area contributed by atoms with Crippen molar-refractivity contribution >= 4 is 22.9 Å². The van der Waals surface area contributed by atoms with Crippen LogP contribution >= 0.6 is 12.2 Å². The summed E-state index contributed by atoms with van der Waals surface area (Å²) in [5, 5.41) is 3.36. The molecule has 0 atom stereocenters. The maximum atomic E-state index is 5.76. The Kier molecular flexibility index (Phi) is 5.58. The van der Waals surface area contributed by atoms with Crippen LogP contribution in [-0.2, 0) is 0 Å². The number of para-hydroxylation sites is 1. The molecule has 0 spiro atoms. The molecule has 21 heavy (non-hydrogen) atoms. The summed E-state index contributed by atoms with van der Waals surface area (Å²) in [6.45, 7) is 3.51. The van der Waals surface area contributed by atoms with Gasteiger partial charge in [-0.05, 0) is 37.6 Å². The third-order valence-corrected chi connectivity index (χ3v) is 3.31. The highest BCUT2D eigenvalue weighted by Crippen LogP contribution is 2.17. The first-order valence-electron chi connectivity index (χ1n) is 6.99. The van der Waals surface area contributed by atoms with Gasteiger partial charge < -0.3 is 15.8 Å². The van der Waals surface area contributed by atoms with Crippen molar-refractivity contribution in [3.63, 3.8) is 0 Å². The minimum atomic E-state index is 0.418. The standard InChI is InChI=1S/C17H20N2OS/c1-13-8-9-16(15(12-13)17(18)21)19-10-5-11-20-14-6-3-2-4-7-14/h2-4,6-9,12,19H,5,10-11H2,1H3,(H2,18,21). The first kappa shape index (κ1) is 15.3. The maximum absolute atomic E-state index is 5.76. The van der Waals surface area contributed by atoms with Gasteiger partial charge in [-0.25, -0.2) is 0 Å². The van der Waals surface area contributed by atoms with Crippen LogP contribution in [0.15, 0.2) is 48.5 Å². The second-order valence-electron chi connectivity index (χ2n) is 4.86. The van der Waals surface area contributed by atoms with Crippen molar-refractivity contribution in [1.29, 1.82) is 0 Å². The molecule has 0 saturated carbocycles. The lowest BCUT2D eigenvalue weighted by atomic mass is 10.1. The van der Waals surface area contributed by atoms with Gasteiger partial charge in [0.15, 0.2) is 0 Å². The van der Waals surface area contributed by atoms with Gasteiger partial charge >= 0.3 is 0 Å². The summed E-state index contributed by atoms with van der Waals surface area (Å²) in [5.41, 5.74) is 8.78. The highest BCUT2D eigenvalue weighted by Gasteiger charge is 2.04. The summed E-state index contributed by atoms with van der Waals surface area (Å²) in [5.74, 6) is 0.900. The van der Waals surface area contributed by atoms with Crippen LogP contribution in [0.4, 0.5) is 5.69 Å². The number of hydrogen-bond donors (Lipinski definition) is 2. The van der Waals surface area contributed by atoms with Crippen molar-refractivity contribution in [2.75, 3.05) is 18.5 Å². The van der Waals surface area contributed by atoms with Gasteiger partial charge in [0.05, 0.1) is 6.61 Å². The normalized spacial score (nSPS) is 10.1. The van der Waals surface area contributed by atoms with E-state index >= 15 is 0 Å². The smallest absolute Gasteiger partial charge is 0.119 e. The topological polar surface area (TPSA) is 47.3 Å². The Balaban J connectivity index is 1.80. The lowest BCUT2D eigenvalue weighted by Gasteiger charge is -2.12. The summed E-state index contributed by atoms with van der Waals surface area (Å²) in [7, 11) is 0. The molecule has 4 heteroatoms. The first-order chi connectivity index (χ1) is 10.2. The zero-order chi connectivity index (χ0) is 15.1. The van der Waals surface area contributed by atoms with E-state index in [1.54, 1.807) is 0 Å². The molecule has 0 aliphatic rings. The predicted molar refractivity (Wildman–Crippen MR) is 92.1 cm³/mol. The molecule has 0 aliphatic carbocycles. The van der Waals surface area contributed by atoms with E-state index in [1.807, 2.05) is 55.5 Å². The number of benzene rings is 2. The Morgan fingerprint density at radius 2 is 1.95 bits per heavy atom. The fraction of sp³-hybridized carbons (Fsp3) is 0.235. The third-order valence-electron chi connectivity index (χ3n) is 3.09. The van der Waals surface area contributed by atoms with Crippen LogP contribution in [0.25, 0.3) is 0 Å². The molecule has 0 bridgehead atoms. The van der Waals surface area contributed by atoms with E-state index in [1.165, 1.54) is 0 Å². The quantitative estimate of drug-likeness (QED) is 0.607. The molecule has 0 fully saturated rings. The third kappa shape index (κ3) is 4.76. The monoisotopic (exact) mass is 300 g/mol. The molecule has 3 nitrogen and oxygen atoms in total. The fourth-order valence-corrected chi connectivity index (χ4v) is 2.19.